The molecule has 0 spiro atoms. The quantitative estimate of drug-likeness (QED) is 0.677. The SMILES string of the molecule is CC(C)C.COc1ccc(C(C)C)cc1/C=C/CC[C@@H](C)CO. The van der Waals surface area contributed by atoms with Gasteiger partial charge in [-0.05, 0) is 48.3 Å². The monoisotopic (exact) mass is 320 g/mol. The van der Waals surface area contributed by atoms with Crippen molar-refractivity contribution < 1.29 is 9.84 Å². The van der Waals surface area contributed by atoms with E-state index in [0.717, 1.165) is 30.1 Å². The first kappa shape index (κ1) is 21.7. The molecule has 0 aromatic heterocycles. The molecule has 2 heteroatoms. The molecule has 0 unspecified atom stereocenters. The number of aliphatic hydroxyl groups excluding tert-OH is 1. The average Bonchev–Trinajstić information content (AvgIpc) is 2.50. The maximum atomic E-state index is 8.99. The van der Waals surface area contributed by atoms with E-state index >= 15 is 0 Å². The molecule has 1 aromatic carbocycles. The van der Waals surface area contributed by atoms with E-state index in [2.05, 4.69) is 65.8 Å². The lowest BCUT2D eigenvalue weighted by atomic mass is 9.99. The summed E-state index contributed by atoms with van der Waals surface area (Å²) >= 11 is 0. The van der Waals surface area contributed by atoms with Gasteiger partial charge in [0.15, 0.2) is 0 Å². The molecule has 132 valence electrons. The lowest BCUT2D eigenvalue weighted by Crippen LogP contribution is -1.98. The molecule has 23 heavy (non-hydrogen) atoms. The van der Waals surface area contributed by atoms with Gasteiger partial charge in [0.2, 0.25) is 0 Å². The Morgan fingerprint density at radius 2 is 1.70 bits per heavy atom. The fourth-order valence-electron chi connectivity index (χ4n) is 1.92. The van der Waals surface area contributed by atoms with Crippen LogP contribution in [0.1, 0.15) is 71.4 Å². The lowest BCUT2D eigenvalue weighted by Gasteiger charge is -2.10. The summed E-state index contributed by atoms with van der Waals surface area (Å²) in [6.07, 6.45) is 6.28. The van der Waals surface area contributed by atoms with Crippen molar-refractivity contribution in [1.82, 2.24) is 0 Å². The minimum Gasteiger partial charge on any atom is -0.496 e. The highest BCUT2D eigenvalue weighted by Gasteiger charge is 2.04. The highest BCUT2D eigenvalue weighted by molar-refractivity contribution is 5.58. The van der Waals surface area contributed by atoms with Crippen molar-refractivity contribution in [2.45, 2.75) is 60.3 Å². The highest BCUT2D eigenvalue weighted by Crippen LogP contribution is 2.25. The van der Waals surface area contributed by atoms with Crippen molar-refractivity contribution in [3.05, 3.63) is 35.4 Å². The first-order chi connectivity index (χ1) is 10.8. The summed E-state index contributed by atoms with van der Waals surface area (Å²) in [4.78, 5) is 0. The second-order valence-electron chi connectivity index (χ2n) is 7.16. The number of benzene rings is 1. The summed E-state index contributed by atoms with van der Waals surface area (Å²) in [6, 6.07) is 6.34. The van der Waals surface area contributed by atoms with Crippen LogP contribution in [0.2, 0.25) is 0 Å². The largest absolute Gasteiger partial charge is 0.496 e. The number of allylic oxidation sites excluding steroid dienone is 1. The first-order valence-electron chi connectivity index (χ1n) is 8.77. The van der Waals surface area contributed by atoms with Crippen LogP contribution in [-0.4, -0.2) is 18.8 Å². The summed E-state index contributed by atoms with van der Waals surface area (Å²) < 4.78 is 5.39. The topological polar surface area (TPSA) is 29.5 Å². The Hall–Kier alpha value is -1.28. The number of hydrogen-bond donors (Lipinski definition) is 1. The van der Waals surface area contributed by atoms with Crippen LogP contribution in [-0.2, 0) is 0 Å². The summed E-state index contributed by atoms with van der Waals surface area (Å²) in [5.41, 5.74) is 2.45. The molecular formula is C21H36O2. The molecule has 1 atom stereocenters. The molecule has 0 amide bonds. The zero-order valence-corrected chi connectivity index (χ0v) is 16.1. The fourth-order valence-corrected chi connectivity index (χ4v) is 1.92. The number of methoxy groups -OCH3 is 1. The Labute approximate surface area is 143 Å². The Balaban J connectivity index is 0.00000108. The van der Waals surface area contributed by atoms with E-state index in [1.165, 1.54) is 5.56 Å². The first-order valence-corrected chi connectivity index (χ1v) is 8.77. The van der Waals surface area contributed by atoms with E-state index in [1.807, 2.05) is 6.07 Å². The van der Waals surface area contributed by atoms with Gasteiger partial charge >= 0.3 is 0 Å². The molecule has 0 saturated heterocycles. The summed E-state index contributed by atoms with van der Waals surface area (Å²) in [6.45, 7) is 13.2. The van der Waals surface area contributed by atoms with E-state index in [1.54, 1.807) is 7.11 Å². The van der Waals surface area contributed by atoms with Gasteiger partial charge in [0.1, 0.15) is 5.75 Å². The molecule has 2 nitrogen and oxygen atoms in total. The summed E-state index contributed by atoms with van der Waals surface area (Å²) in [7, 11) is 1.70. The van der Waals surface area contributed by atoms with Gasteiger partial charge in [-0.25, -0.2) is 0 Å². The Kier molecular flexibility index (Phi) is 11.5. The van der Waals surface area contributed by atoms with E-state index < -0.39 is 0 Å². The van der Waals surface area contributed by atoms with Gasteiger partial charge in [-0.3, -0.25) is 0 Å². The predicted molar refractivity (Wildman–Crippen MR) is 102 cm³/mol. The maximum Gasteiger partial charge on any atom is 0.126 e. The van der Waals surface area contributed by atoms with Gasteiger partial charge < -0.3 is 9.84 Å². The molecule has 0 aliphatic carbocycles. The number of hydrogen-bond acceptors (Lipinski definition) is 2. The van der Waals surface area contributed by atoms with Crippen LogP contribution in [0.15, 0.2) is 24.3 Å². The minimum absolute atomic E-state index is 0.264. The van der Waals surface area contributed by atoms with Crippen molar-refractivity contribution in [2.75, 3.05) is 13.7 Å². The van der Waals surface area contributed by atoms with Crippen molar-refractivity contribution in [3.8, 4) is 5.75 Å². The van der Waals surface area contributed by atoms with Gasteiger partial charge in [0.25, 0.3) is 0 Å². The Morgan fingerprint density at radius 3 is 2.17 bits per heavy atom. The van der Waals surface area contributed by atoms with Crippen LogP contribution in [0.4, 0.5) is 0 Å². The van der Waals surface area contributed by atoms with E-state index in [-0.39, 0.29) is 6.61 Å². The molecule has 0 bridgehead atoms. The third kappa shape index (κ3) is 10.2. The summed E-state index contributed by atoms with van der Waals surface area (Å²) in [5, 5.41) is 8.99. The van der Waals surface area contributed by atoms with Gasteiger partial charge in [0.05, 0.1) is 7.11 Å². The molecule has 0 fully saturated rings. The zero-order valence-electron chi connectivity index (χ0n) is 16.1. The van der Waals surface area contributed by atoms with Crippen LogP contribution in [0.3, 0.4) is 0 Å². The van der Waals surface area contributed by atoms with Crippen LogP contribution >= 0.6 is 0 Å². The molecular weight excluding hydrogens is 284 g/mol. The van der Waals surface area contributed by atoms with E-state index in [9.17, 15) is 0 Å². The average molecular weight is 321 g/mol. The van der Waals surface area contributed by atoms with Crippen molar-refractivity contribution in [2.24, 2.45) is 11.8 Å². The molecule has 1 aromatic rings. The second-order valence-corrected chi connectivity index (χ2v) is 7.16. The zero-order chi connectivity index (χ0) is 17.8. The molecule has 1 rings (SSSR count). The van der Waals surface area contributed by atoms with Crippen molar-refractivity contribution in [3.63, 3.8) is 0 Å². The number of aliphatic hydroxyl groups is 1. The Morgan fingerprint density at radius 1 is 1.09 bits per heavy atom. The van der Waals surface area contributed by atoms with Gasteiger partial charge in [-0.2, -0.15) is 0 Å². The summed E-state index contributed by atoms with van der Waals surface area (Å²) in [5.74, 6) is 2.64. The molecule has 0 aliphatic rings. The standard InChI is InChI=1S/C17H26O2.C4H10/c1-13(2)15-9-10-17(19-4)16(11-15)8-6-5-7-14(3)12-18;1-4(2)3/h6,8-11,13-14,18H,5,7,12H2,1-4H3;4H,1-3H3/b8-6+;/t14-;/m1./s1. The van der Waals surface area contributed by atoms with Crippen LogP contribution in [0, 0.1) is 11.8 Å². The third-order valence-corrected chi connectivity index (χ3v) is 3.36. The fraction of sp³-hybridized carbons (Fsp3) is 0.619. The second kappa shape index (κ2) is 12.2. The van der Waals surface area contributed by atoms with E-state index in [4.69, 9.17) is 9.84 Å². The molecule has 0 aliphatic heterocycles. The Bertz CT molecular complexity index is 444. The van der Waals surface area contributed by atoms with Gasteiger partial charge in [-0.1, -0.05) is 59.8 Å². The van der Waals surface area contributed by atoms with E-state index in [0.29, 0.717) is 11.8 Å². The van der Waals surface area contributed by atoms with Crippen LogP contribution in [0.25, 0.3) is 6.08 Å². The molecule has 0 saturated carbocycles. The van der Waals surface area contributed by atoms with Gasteiger partial charge in [0, 0.05) is 12.2 Å². The number of rotatable bonds is 7. The molecule has 0 radical (unpaired) electrons. The predicted octanol–water partition coefficient (Wildman–Crippen LogP) is 5.90. The smallest absolute Gasteiger partial charge is 0.126 e. The van der Waals surface area contributed by atoms with Crippen molar-refractivity contribution >= 4 is 6.08 Å². The highest BCUT2D eigenvalue weighted by atomic mass is 16.5. The van der Waals surface area contributed by atoms with Crippen LogP contribution in [0.5, 0.6) is 5.75 Å². The lowest BCUT2D eigenvalue weighted by molar-refractivity contribution is 0.231. The molecule has 1 N–H and O–H groups in total. The normalized spacial score (nSPS) is 12.4. The van der Waals surface area contributed by atoms with Crippen LogP contribution < -0.4 is 4.74 Å². The third-order valence-electron chi connectivity index (χ3n) is 3.36. The maximum absolute atomic E-state index is 8.99. The van der Waals surface area contributed by atoms with Crippen molar-refractivity contribution in [1.29, 1.82) is 0 Å². The minimum atomic E-state index is 0.264. The molecule has 0 heterocycles. The van der Waals surface area contributed by atoms with Gasteiger partial charge in [-0.15, -0.1) is 0 Å². The number of ether oxygens (including phenoxy) is 1.